The summed E-state index contributed by atoms with van der Waals surface area (Å²) in [6, 6.07) is 0. The van der Waals surface area contributed by atoms with E-state index in [1.165, 1.54) is 0 Å². The van der Waals surface area contributed by atoms with Gasteiger partial charge in [0.05, 0.1) is 12.1 Å². The smallest absolute Gasteiger partial charge is 0.160 e. The minimum Gasteiger partial charge on any atom is -0.160 e. The first-order valence-electron chi connectivity index (χ1n) is 1.83. The third-order valence-electron chi connectivity index (χ3n) is 0.632. The van der Waals surface area contributed by atoms with Crippen molar-refractivity contribution in [3.8, 4) is 0 Å². The quantitative estimate of drug-likeness (QED) is 0.372. The van der Waals surface area contributed by atoms with Crippen LogP contribution in [-0.4, -0.2) is 24.5 Å². The fourth-order valence-electron chi connectivity index (χ4n) is 0.316. The minimum absolute atomic E-state index is 0.861. The van der Waals surface area contributed by atoms with Crippen LogP contribution in [-0.2, 0) is 0 Å². The molecule has 3 nitrogen and oxygen atoms in total. The molecule has 1 aliphatic rings. The second-order valence-corrected chi connectivity index (χ2v) is 1.23. The summed E-state index contributed by atoms with van der Waals surface area (Å²) >= 11 is 0. The molecule has 1 aliphatic heterocycles. The maximum Gasteiger partial charge on any atom is 0.188 e. The van der Waals surface area contributed by atoms with Crippen LogP contribution >= 0.6 is 0 Å². The average molecular weight is 84.1 g/mol. The lowest BCUT2D eigenvalue weighted by Crippen LogP contribution is -1.98. The highest BCUT2D eigenvalue weighted by Crippen LogP contribution is 1.80. The Bertz CT molecular complexity index is 103. The van der Waals surface area contributed by atoms with E-state index in [1.807, 2.05) is 7.05 Å². The molecule has 0 unspecified atom stereocenters. The van der Waals surface area contributed by atoms with Gasteiger partial charge in [0.15, 0.2) is 12.8 Å². The van der Waals surface area contributed by atoms with E-state index in [1.54, 1.807) is 10.9 Å². The molecule has 0 radical (unpaired) electrons. The molecule has 0 spiro atoms. The zero-order chi connectivity index (χ0) is 4.41. The largest absolute Gasteiger partial charge is 0.188 e. The van der Waals surface area contributed by atoms with E-state index < -0.39 is 0 Å². The van der Waals surface area contributed by atoms with Crippen molar-refractivity contribution in [2.24, 2.45) is 10.3 Å². The van der Waals surface area contributed by atoms with E-state index in [2.05, 4.69) is 10.3 Å². The average Bonchev–Trinajstić information content (AvgIpc) is 1.86. The molecule has 1 heterocycles. The van der Waals surface area contributed by atoms with Crippen molar-refractivity contribution < 1.29 is 4.70 Å². The summed E-state index contributed by atoms with van der Waals surface area (Å²) in [5.74, 6) is 0. The molecule has 0 saturated carbocycles. The molecular weight excluding hydrogens is 78.1 g/mol. The summed E-state index contributed by atoms with van der Waals surface area (Å²) in [7, 11) is 1.88. The third kappa shape index (κ3) is 0.429. The first-order chi connectivity index (χ1) is 2.89. The van der Waals surface area contributed by atoms with Crippen molar-refractivity contribution >= 4 is 6.21 Å². The number of rotatable bonds is 0. The molecule has 0 aliphatic carbocycles. The molecule has 1 rings (SSSR count). The SMILES string of the molecule is C[N+]1=NN=CC1. The van der Waals surface area contributed by atoms with Crippen LogP contribution in [0.1, 0.15) is 0 Å². The van der Waals surface area contributed by atoms with E-state index in [0.29, 0.717) is 0 Å². The van der Waals surface area contributed by atoms with Crippen LogP contribution < -0.4 is 0 Å². The predicted molar refractivity (Wildman–Crippen MR) is 22.0 cm³/mol. The number of hydrogen-bond acceptors (Lipinski definition) is 2. The topological polar surface area (TPSA) is 27.7 Å². The molecule has 0 atom stereocenters. The maximum absolute atomic E-state index is 3.64. The molecule has 6 heavy (non-hydrogen) atoms. The summed E-state index contributed by atoms with van der Waals surface area (Å²) in [6.07, 6.45) is 1.76. The molecule has 3 heteroatoms. The highest BCUT2D eigenvalue weighted by molar-refractivity contribution is 5.58. The Labute approximate surface area is 36.0 Å². The number of hydrogen-bond donors (Lipinski definition) is 0. The van der Waals surface area contributed by atoms with Gasteiger partial charge in [-0.2, -0.15) is 4.70 Å². The normalized spacial score (nSPS) is 18.5. The summed E-state index contributed by atoms with van der Waals surface area (Å²) in [5.41, 5.74) is 0. The van der Waals surface area contributed by atoms with Crippen LogP contribution in [0.15, 0.2) is 10.3 Å². The Kier molecular flexibility index (Phi) is 0.670. The highest BCUT2D eigenvalue weighted by atomic mass is 15.5. The Hall–Kier alpha value is -0.730. The fraction of sp³-hybridized carbons (Fsp3) is 0.667. The molecular formula is C3H6N3+. The summed E-state index contributed by atoms with van der Waals surface area (Å²) in [5, 5.41) is 7.23. The Morgan fingerprint density at radius 1 is 1.83 bits per heavy atom. The second kappa shape index (κ2) is 1.16. The monoisotopic (exact) mass is 84.1 g/mol. The van der Waals surface area contributed by atoms with Crippen molar-refractivity contribution in [2.45, 2.75) is 0 Å². The lowest BCUT2D eigenvalue weighted by Gasteiger charge is -1.72. The van der Waals surface area contributed by atoms with Gasteiger partial charge >= 0.3 is 0 Å². The first-order valence-corrected chi connectivity index (χ1v) is 1.83. The van der Waals surface area contributed by atoms with Gasteiger partial charge in [0.25, 0.3) is 0 Å². The second-order valence-electron chi connectivity index (χ2n) is 1.23. The van der Waals surface area contributed by atoms with Gasteiger partial charge < -0.3 is 0 Å². The summed E-state index contributed by atoms with van der Waals surface area (Å²) in [4.78, 5) is 0. The first kappa shape index (κ1) is 3.46. The van der Waals surface area contributed by atoms with Crippen LogP contribution in [0.3, 0.4) is 0 Å². The predicted octanol–water partition coefficient (Wildman–Crippen LogP) is 0.0803. The van der Waals surface area contributed by atoms with Gasteiger partial charge in [-0.15, -0.1) is 0 Å². The van der Waals surface area contributed by atoms with Crippen molar-refractivity contribution in [1.29, 1.82) is 0 Å². The zero-order valence-electron chi connectivity index (χ0n) is 3.63. The van der Waals surface area contributed by atoms with Crippen molar-refractivity contribution in [3.05, 3.63) is 0 Å². The standard InChI is InChI=1S/C3H6N3/c1-6-3-2-4-5-6/h2H,3H2,1H3/q+1. The van der Waals surface area contributed by atoms with Gasteiger partial charge in [0, 0.05) is 0 Å². The van der Waals surface area contributed by atoms with Crippen LogP contribution in [0.4, 0.5) is 0 Å². The van der Waals surface area contributed by atoms with E-state index in [4.69, 9.17) is 0 Å². The van der Waals surface area contributed by atoms with Crippen LogP contribution in [0.5, 0.6) is 0 Å². The van der Waals surface area contributed by atoms with E-state index in [9.17, 15) is 0 Å². The van der Waals surface area contributed by atoms with E-state index >= 15 is 0 Å². The van der Waals surface area contributed by atoms with Crippen LogP contribution in [0.2, 0.25) is 0 Å². The van der Waals surface area contributed by atoms with Gasteiger partial charge in [-0.3, -0.25) is 0 Å². The van der Waals surface area contributed by atoms with Crippen molar-refractivity contribution in [1.82, 2.24) is 0 Å². The molecule has 0 aromatic rings. The van der Waals surface area contributed by atoms with Gasteiger partial charge in [0.1, 0.15) is 5.22 Å². The Morgan fingerprint density at radius 3 is 2.83 bits per heavy atom. The molecule has 0 N–H and O–H groups in total. The Morgan fingerprint density at radius 2 is 2.67 bits per heavy atom. The van der Waals surface area contributed by atoms with Gasteiger partial charge in [-0.25, -0.2) is 0 Å². The van der Waals surface area contributed by atoms with E-state index in [0.717, 1.165) is 6.54 Å². The zero-order valence-corrected chi connectivity index (χ0v) is 3.63. The molecule has 0 amide bonds. The van der Waals surface area contributed by atoms with Gasteiger partial charge in [-0.1, -0.05) is 0 Å². The minimum atomic E-state index is 0.861. The molecule has 0 aromatic carbocycles. The summed E-state index contributed by atoms with van der Waals surface area (Å²) in [6.45, 7) is 0.861. The lowest BCUT2D eigenvalue weighted by atomic mass is 10.7. The van der Waals surface area contributed by atoms with Gasteiger partial charge in [-0.05, 0) is 0 Å². The molecule has 0 aromatic heterocycles. The molecule has 0 saturated heterocycles. The Balaban J connectivity index is 2.61. The van der Waals surface area contributed by atoms with Crippen LogP contribution in [0, 0.1) is 0 Å². The number of nitrogens with zero attached hydrogens (tertiary/aromatic N) is 3. The highest BCUT2D eigenvalue weighted by Gasteiger charge is 1.97. The van der Waals surface area contributed by atoms with Crippen molar-refractivity contribution in [3.63, 3.8) is 0 Å². The third-order valence-corrected chi connectivity index (χ3v) is 0.632. The molecule has 0 fully saturated rings. The van der Waals surface area contributed by atoms with Crippen molar-refractivity contribution in [2.75, 3.05) is 13.6 Å². The van der Waals surface area contributed by atoms with E-state index in [-0.39, 0.29) is 0 Å². The fourth-order valence-corrected chi connectivity index (χ4v) is 0.316. The van der Waals surface area contributed by atoms with Gasteiger partial charge in [0.2, 0.25) is 0 Å². The maximum atomic E-state index is 3.64. The summed E-state index contributed by atoms with van der Waals surface area (Å²) < 4.78 is 1.76. The van der Waals surface area contributed by atoms with Crippen LogP contribution in [0.25, 0.3) is 0 Å². The molecule has 32 valence electrons. The molecule has 0 bridgehead atoms. The lowest BCUT2D eigenvalue weighted by molar-refractivity contribution is -0.546.